The summed E-state index contributed by atoms with van der Waals surface area (Å²) in [4.78, 5) is 37.9. The number of halogens is 3. The summed E-state index contributed by atoms with van der Waals surface area (Å²) < 4.78 is 51.9. The Labute approximate surface area is 228 Å². The minimum atomic E-state index is -4.78. The van der Waals surface area contributed by atoms with Crippen molar-refractivity contribution >= 4 is 17.3 Å². The molecule has 1 aliphatic heterocycles. The summed E-state index contributed by atoms with van der Waals surface area (Å²) in [5.74, 6) is -0.502. The molecule has 2 aromatic carbocycles. The van der Waals surface area contributed by atoms with Crippen LogP contribution in [0.2, 0.25) is 0 Å². The first-order chi connectivity index (χ1) is 18.6. The summed E-state index contributed by atoms with van der Waals surface area (Å²) in [6.07, 6.45) is -3.35. The summed E-state index contributed by atoms with van der Waals surface area (Å²) in [6.45, 7) is 7.86. The van der Waals surface area contributed by atoms with Crippen LogP contribution in [-0.2, 0) is 20.5 Å². The Morgan fingerprint density at radius 2 is 1.43 bits per heavy atom. The van der Waals surface area contributed by atoms with E-state index in [4.69, 9.17) is 9.47 Å². The summed E-state index contributed by atoms with van der Waals surface area (Å²) in [7, 11) is 0. The number of benzene rings is 2. The standard InChI is InChI=1S/C30H28F3NO6/c1-28(2)12-19(35)26-23(14-28)40-24-15-29(3,4)13-20(36)27(24)25(26)17-7-5-6-8-21(17)39-22-10-9-16(30(31,32)33)11-18(22)34(37)38/h5-11,25H,12-15H2,1-4H3. The lowest BCUT2D eigenvalue weighted by molar-refractivity contribution is -0.385. The van der Waals surface area contributed by atoms with Gasteiger partial charge in [0.15, 0.2) is 11.6 Å². The highest BCUT2D eigenvalue weighted by Gasteiger charge is 2.48. The van der Waals surface area contributed by atoms with Gasteiger partial charge in [0.2, 0.25) is 5.75 Å². The van der Waals surface area contributed by atoms with Gasteiger partial charge in [-0.15, -0.1) is 0 Å². The van der Waals surface area contributed by atoms with E-state index in [1.165, 1.54) is 6.07 Å². The first kappa shape index (κ1) is 27.6. The Balaban J connectivity index is 1.67. The molecule has 1 heterocycles. The zero-order valence-electron chi connectivity index (χ0n) is 22.5. The molecule has 7 nitrogen and oxygen atoms in total. The number of nitro groups is 1. The van der Waals surface area contributed by atoms with Crippen LogP contribution in [0, 0.1) is 20.9 Å². The zero-order chi connectivity index (χ0) is 29.2. The number of alkyl halides is 3. The first-order valence-corrected chi connectivity index (χ1v) is 12.9. The fourth-order valence-corrected chi connectivity index (χ4v) is 5.84. The van der Waals surface area contributed by atoms with Crippen LogP contribution in [0.5, 0.6) is 11.5 Å². The topological polar surface area (TPSA) is 95.7 Å². The van der Waals surface area contributed by atoms with E-state index >= 15 is 0 Å². The second kappa shape index (κ2) is 9.31. The molecule has 2 aliphatic carbocycles. The number of nitrogens with zero attached hydrogens (tertiary/aromatic N) is 1. The van der Waals surface area contributed by atoms with E-state index in [1.54, 1.807) is 18.2 Å². The predicted molar refractivity (Wildman–Crippen MR) is 139 cm³/mol. The predicted octanol–water partition coefficient (Wildman–Crippen LogP) is 7.81. The van der Waals surface area contributed by atoms with E-state index in [0.29, 0.717) is 53.2 Å². The number of Topliss-reactive ketones (excluding diaryl/α,β-unsaturated/α-hetero) is 2. The number of carbonyl (C=O) groups is 2. The SMILES string of the molecule is CC1(C)CC(=O)C2=C(C1)OC1=C(C(=O)CC(C)(C)C1)C2c1ccccc1Oc1ccc(C(F)(F)F)cc1[N+](=O)[O-]. The van der Waals surface area contributed by atoms with Crippen molar-refractivity contribution in [2.24, 2.45) is 10.8 Å². The van der Waals surface area contributed by atoms with Crippen molar-refractivity contribution in [1.29, 1.82) is 0 Å². The molecule has 3 aliphatic rings. The normalized spacial score (nSPS) is 20.6. The van der Waals surface area contributed by atoms with Crippen LogP contribution in [0.4, 0.5) is 18.9 Å². The Morgan fingerprint density at radius 3 is 1.95 bits per heavy atom. The zero-order valence-corrected chi connectivity index (χ0v) is 22.5. The minimum absolute atomic E-state index is 0.0891. The van der Waals surface area contributed by atoms with Crippen molar-refractivity contribution in [1.82, 2.24) is 0 Å². The van der Waals surface area contributed by atoms with Gasteiger partial charge in [-0.2, -0.15) is 13.2 Å². The van der Waals surface area contributed by atoms with E-state index < -0.39 is 34.0 Å². The largest absolute Gasteiger partial charge is 0.465 e. The fourth-order valence-electron chi connectivity index (χ4n) is 5.84. The van der Waals surface area contributed by atoms with Crippen LogP contribution in [0.25, 0.3) is 0 Å². The lowest BCUT2D eigenvalue weighted by atomic mass is 9.65. The molecule has 210 valence electrons. The molecule has 10 heteroatoms. The molecule has 0 radical (unpaired) electrons. The molecule has 0 aromatic heterocycles. The number of hydrogen-bond acceptors (Lipinski definition) is 6. The third-order valence-electron chi connectivity index (χ3n) is 7.51. The van der Waals surface area contributed by atoms with Crippen LogP contribution >= 0.6 is 0 Å². The van der Waals surface area contributed by atoms with Crippen LogP contribution in [0.1, 0.15) is 70.4 Å². The Kier molecular flexibility index (Phi) is 6.43. The highest BCUT2D eigenvalue weighted by molar-refractivity contribution is 6.06. The number of para-hydroxylation sites is 1. The van der Waals surface area contributed by atoms with Crippen LogP contribution in [0.3, 0.4) is 0 Å². The van der Waals surface area contributed by atoms with E-state index in [-0.39, 0.29) is 41.0 Å². The highest BCUT2D eigenvalue weighted by Crippen LogP contribution is 2.55. The highest BCUT2D eigenvalue weighted by atomic mass is 19.4. The second-order valence-corrected chi connectivity index (χ2v) is 12.2. The molecule has 0 fully saturated rings. The molecule has 2 aromatic rings. The van der Waals surface area contributed by atoms with Crippen molar-refractivity contribution < 1.29 is 37.2 Å². The Bertz CT molecular complexity index is 1460. The van der Waals surface area contributed by atoms with Gasteiger partial charge in [0, 0.05) is 48.5 Å². The summed E-state index contributed by atoms with van der Waals surface area (Å²) >= 11 is 0. The van der Waals surface area contributed by atoms with Gasteiger partial charge in [-0.3, -0.25) is 19.7 Å². The van der Waals surface area contributed by atoms with Gasteiger partial charge >= 0.3 is 11.9 Å². The van der Waals surface area contributed by atoms with Gasteiger partial charge in [0.05, 0.1) is 16.4 Å². The van der Waals surface area contributed by atoms with Crippen molar-refractivity contribution in [3.05, 3.63) is 86.4 Å². The van der Waals surface area contributed by atoms with Gasteiger partial charge in [-0.25, -0.2) is 0 Å². The average Bonchev–Trinajstić information content (AvgIpc) is 2.81. The summed E-state index contributed by atoms with van der Waals surface area (Å²) in [5, 5.41) is 11.7. The van der Waals surface area contributed by atoms with Crippen molar-refractivity contribution in [2.45, 2.75) is 65.5 Å². The van der Waals surface area contributed by atoms with E-state index in [1.807, 2.05) is 27.7 Å². The molecule has 0 saturated carbocycles. The molecule has 0 spiro atoms. The third kappa shape index (κ3) is 5.02. The molecule has 0 atom stereocenters. The monoisotopic (exact) mass is 555 g/mol. The molecule has 0 unspecified atom stereocenters. The maximum absolute atomic E-state index is 13.6. The van der Waals surface area contributed by atoms with Crippen molar-refractivity contribution in [2.75, 3.05) is 0 Å². The second-order valence-electron chi connectivity index (χ2n) is 12.2. The lowest BCUT2D eigenvalue weighted by Crippen LogP contribution is -2.37. The number of hydrogen-bond donors (Lipinski definition) is 0. The van der Waals surface area contributed by atoms with Crippen LogP contribution in [-0.4, -0.2) is 16.5 Å². The summed E-state index contributed by atoms with van der Waals surface area (Å²) in [5.41, 5.74) is -1.65. The average molecular weight is 556 g/mol. The van der Waals surface area contributed by atoms with Crippen LogP contribution < -0.4 is 4.74 Å². The van der Waals surface area contributed by atoms with Crippen LogP contribution in [0.15, 0.2) is 65.1 Å². The maximum atomic E-state index is 13.6. The Hall–Kier alpha value is -3.95. The fraction of sp³-hybridized carbons (Fsp3) is 0.400. The number of ketones is 2. The molecule has 40 heavy (non-hydrogen) atoms. The number of rotatable bonds is 4. The molecule has 0 N–H and O–H groups in total. The minimum Gasteiger partial charge on any atom is -0.465 e. The molecular weight excluding hydrogens is 527 g/mol. The molecule has 0 bridgehead atoms. The molecule has 0 saturated heterocycles. The molecular formula is C30H28F3NO6. The number of carbonyl (C=O) groups excluding carboxylic acids is 2. The van der Waals surface area contributed by atoms with E-state index in [2.05, 4.69) is 0 Å². The van der Waals surface area contributed by atoms with Gasteiger partial charge in [-0.1, -0.05) is 45.9 Å². The maximum Gasteiger partial charge on any atom is 0.416 e. The smallest absolute Gasteiger partial charge is 0.416 e. The summed E-state index contributed by atoms with van der Waals surface area (Å²) in [6, 6.07) is 8.51. The van der Waals surface area contributed by atoms with Gasteiger partial charge in [-0.05, 0) is 29.0 Å². The number of ether oxygens (including phenoxy) is 2. The Morgan fingerprint density at radius 1 is 0.875 bits per heavy atom. The first-order valence-electron chi connectivity index (χ1n) is 12.9. The number of allylic oxidation sites excluding steroid dienone is 4. The third-order valence-corrected chi connectivity index (χ3v) is 7.51. The van der Waals surface area contributed by atoms with E-state index in [0.717, 1.165) is 6.07 Å². The van der Waals surface area contributed by atoms with Crippen molar-refractivity contribution in [3.8, 4) is 11.5 Å². The molecule has 0 amide bonds. The van der Waals surface area contributed by atoms with E-state index in [9.17, 15) is 32.9 Å². The lowest BCUT2D eigenvalue weighted by Gasteiger charge is -2.42. The van der Waals surface area contributed by atoms with Gasteiger partial charge in [0.25, 0.3) is 0 Å². The van der Waals surface area contributed by atoms with Crippen molar-refractivity contribution in [3.63, 3.8) is 0 Å². The van der Waals surface area contributed by atoms with Gasteiger partial charge < -0.3 is 9.47 Å². The quantitative estimate of drug-likeness (QED) is 0.282. The molecule has 5 rings (SSSR count). The van der Waals surface area contributed by atoms with Gasteiger partial charge in [0.1, 0.15) is 17.3 Å². The number of nitro benzene ring substituents is 1.